The first-order valence-corrected chi connectivity index (χ1v) is 10.3. The SMILES string of the molecule is Cc1ccc(C(C)(C)c2ccc(OCc3ccnc(-c4nncs4)n3)cc2)cc1. The Morgan fingerprint density at radius 2 is 1.62 bits per heavy atom. The molecule has 0 bridgehead atoms. The van der Waals surface area contributed by atoms with Crippen molar-refractivity contribution in [3.63, 3.8) is 0 Å². The van der Waals surface area contributed by atoms with Gasteiger partial charge < -0.3 is 4.74 Å². The second-order valence-corrected chi connectivity index (χ2v) is 8.25. The number of rotatable bonds is 6. The molecule has 0 atom stereocenters. The quantitative estimate of drug-likeness (QED) is 0.443. The van der Waals surface area contributed by atoms with E-state index in [9.17, 15) is 0 Å². The van der Waals surface area contributed by atoms with Crippen LogP contribution >= 0.6 is 11.3 Å². The summed E-state index contributed by atoms with van der Waals surface area (Å²) < 4.78 is 5.93. The molecule has 4 rings (SSSR count). The topological polar surface area (TPSA) is 60.8 Å². The molecule has 0 N–H and O–H groups in total. The third-order valence-corrected chi connectivity index (χ3v) is 5.69. The molecule has 0 fully saturated rings. The van der Waals surface area contributed by atoms with Crippen molar-refractivity contribution in [1.29, 1.82) is 0 Å². The van der Waals surface area contributed by atoms with E-state index in [1.54, 1.807) is 11.7 Å². The average Bonchev–Trinajstić information content (AvgIpc) is 3.28. The summed E-state index contributed by atoms with van der Waals surface area (Å²) in [5.74, 6) is 1.38. The van der Waals surface area contributed by atoms with E-state index in [0.717, 1.165) is 11.4 Å². The van der Waals surface area contributed by atoms with Crippen LogP contribution in [0.3, 0.4) is 0 Å². The lowest BCUT2D eigenvalue weighted by atomic mass is 9.78. The summed E-state index contributed by atoms with van der Waals surface area (Å²) in [5.41, 5.74) is 6.20. The summed E-state index contributed by atoms with van der Waals surface area (Å²) in [6, 6.07) is 18.8. The van der Waals surface area contributed by atoms with Crippen molar-refractivity contribution in [2.75, 3.05) is 0 Å². The molecule has 0 saturated carbocycles. The van der Waals surface area contributed by atoms with E-state index >= 15 is 0 Å². The molecule has 146 valence electrons. The second kappa shape index (κ2) is 8.09. The number of hydrogen-bond donors (Lipinski definition) is 0. The highest BCUT2D eigenvalue weighted by molar-refractivity contribution is 7.12. The fourth-order valence-electron chi connectivity index (χ4n) is 3.11. The van der Waals surface area contributed by atoms with Gasteiger partial charge >= 0.3 is 0 Å². The van der Waals surface area contributed by atoms with Gasteiger partial charge in [-0.3, -0.25) is 0 Å². The van der Waals surface area contributed by atoms with Gasteiger partial charge in [0.1, 0.15) is 17.9 Å². The molecule has 0 unspecified atom stereocenters. The predicted octanol–water partition coefficient (Wildman–Crippen LogP) is 5.21. The first kappa shape index (κ1) is 19.2. The van der Waals surface area contributed by atoms with Crippen LogP contribution in [0.5, 0.6) is 5.75 Å². The molecule has 0 aliphatic carbocycles. The molecule has 0 radical (unpaired) electrons. The van der Waals surface area contributed by atoms with Crippen LogP contribution in [0, 0.1) is 6.92 Å². The summed E-state index contributed by atoms with van der Waals surface area (Å²) in [4.78, 5) is 8.76. The summed E-state index contributed by atoms with van der Waals surface area (Å²) in [5, 5.41) is 8.55. The maximum Gasteiger partial charge on any atom is 0.191 e. The van der Waals surface area contributed by atoms with E-state index in [4.69, 9.17) is 4.74 Å². The maximum atomic E-state index is 5.93. The first-order valence-electron chi connectivity index (χ1n) is 9.41. The van der Waals surface area contributed by atoms with E-state index in [2.05, 4.69) is 77.3 Å². The van der Waals surface area contributed by atoms with Gasteiger partial charge in [0.15, 0.2) is 10.8 Å². The Bertz CT molecular complexity index is 1070. The van der Waals surface area contributed by atoms with Crippen LogP contribution in [-0.2, 0) is 12.0 Å². The Balaban J connectivity index is 1.45. The third kappa shape index (κ3) is 4.32. The Morgan fingerprint density at radius 1 is 0.931 bits per heavy atom. The molecule has 2 aromatic carbocycles. The monoisotopic (exact) mass is 402 g/mol. The normalized spacial score (nSPS) is 11.4. The molecule has 0 saturated heterocycles. The van der Waals surface area contributed by atoms with Gasteiger partial charge in [-0.1, -0.05) is 67.1 Å². The van der Waals surface area contributed by atoms with Crippen molar-refractivity contribution in [2.24, 2.45) is 0 Å². The second-order valence-electron chi connectivity index (χ2n) is 7.42. The van der Waals surface area contributed by atoms with Crippen molar-refractivity contribution in [1.82, 2.24) is 20.2 Å². The molecule has 0 aliphatic heterocycles. The molecule has 0 aliphatic rings. The lowest BCUT2D eigenvalue weighted by Gasteiger charge is -2.26. The van der Waals surface area contributed by atoms with Gasteiger partial charge in [-0.15, -0.1) is 10.2 Å². The van der Waals surface area contributed by atoms with Crippen molar-refractivity contribution >= 4 is 11.3 Å². The van der Waals surface area contributed by atoms with E-state index in [1.807, 2.05) is 18.2 Å². The smallest absolute Gasteiger partial charge is 0.191 e. The average molecular weight is 403 g/mol. The number of aryl methyl sites for hydroxylation is 1. The minimum absolute atomic E-state index is 0.0739. The van der Waals surface area contributed by atoms with Gasteiger partial charge in [-0.25, -0.2) is 9.97 Å². The predicted molar refractivity (Wildman–Crippen MR) is 115 cm³/mol. The fourth-order valence-corrected chi connectivity index (χ4v) is 3.60. The molecule has 2 heterocycles. The van der Waals surface area contributed by atoms with Gasteiger partial charge in [0.05, 0.1) is 5.69 Å². The molecule has 2 aromatic heterocycles. The van der Waals surface area contributed by atoms with Crippen molar-refractivity contribution in [3.8, 4) is 16.6 Å². The number of ether oxygens (including phenoxy) is 1. The van der Waals surface area contributed by atoms with Crippen molar-refractivity contribution in [2.45, 2.75) is 32.8 Å². The maximum absolute atomic E-state index is 5.93. The van der Waals surface area contributed by atoms with Crippen LogP contribution in [0.1, 0.15) is 36.2 Å². The molecule has 0 amide bonds. The fraction of sp³-hybridized carbons (Fsp3) is 0.217. The number of hydrogen-bond acceptors (Lipinski definition) is 6. The summed E-state index contributed by atoms with van der Waals surface area (Å²) in [6.45, 7) is 6.96. The van der Waals surface area contributed by atoms with E-state index in [0.29, 0.717) is 17.4 Å². The standard InChI is InChI=1S/C23H22N4OS/c1-16-4-6-17(7-5-16)23(2,3)18-8-10-20(11-9-18)28-14-19-12-13-24-21(26-19)22-27-25-15-29-22/h4-13,15H,14H2,1-3H3. The van der Waals surface area contributed by atoms with Crippen LogP contribution < -0.4 is 4.74 Å². The van der Waals surface area contributed by atoms with E-state index in [-0.39, 0.29) is 5.41 Å². The molecule has 6 heteroatoms. The largest absolute Gasteiger partial charge is 0.487 e. The molecule has 4 aromatic rings. The molecular formula is C23H22N4OS. The lowest BCUT2D eigenvalue weighted by molar-refractivity contribution is 0.301. The van der Waals surface area contributed by atoms with Gasteiger partial charge in [0, 0.05) is 11.6 Å². The van der Waals surface area contributed by atoms with Crippen LogP contribution in [0.2, 0.25) is 0 Å². The zero-order valence-corrected chi connectivity index (χ0v) is 17.5. The number of aromatic nitrogens is 4. The van der Waals surface area contributed by atoms with E-state index < -0.39 is 0 Å². The number of nitrogens with zero attached hydrogens (tertiary/aromatic N) is 4. The Labute approximate surface area is 174 Å². The van der Waals surface area contributed by atoms with Crippen LogP contribution in [-0.4, -0.2) is 20.2 Å². The van der Waals surface area contributed by atoms with E-state index in [1.165, 1.54) is 28.0 Å². The lowest BCUT2D eigenvalue weighted by Crippen LogP contribution is -2.18. The zero-order valence-electron chi connectivity index (χ0n) is 16.7. The minimum atomic E-state index is -0.0739. The van der Waals surface area contributed by atoms with Crippen molar-refractivity contribution < 1.29 is 4.74 Å². The number of benzene rings is 2. The highest BCUT2D eigenvalue weighted by Gasteiger charge is 2.22. The Hall–Kier alpha value is -3.12. The Morgan fingerprint density at radius 3 is 2.28 bits per heavy atom. The third-order valence-electron chi connectivity index (χ3n) is 5.00. The van der Waals surface area contributed by atoms with Gasteiger partial charge in [0.25, 0.3) is 0 Å². The first-order chi connectivity index (χ1) is 14.0. The minimum Gasteiger partial charge on any atom is -0.487 e. The summed E-state index contributed by atoms with van der Waals surface area (Å²) in [6.07, 6.45) is 1.72. The molecule has 0 spiro atoms. The highest BCUT2D eigenvalue weighted by Crippen LogP contribution is 2.32. The summed E-state index contributed by atoms with van der Waals surface area (Å²) in [7, 11) is 0. The van der Waals surface area contributed by atoms with Gasteiger partial charge in [-0.2, -0.15) is 0 Å². The molecular weight excluding hydrogens is 380 g/mol. The van der Waals surface area contributed by atoms with Gasteiger partial charge in [0.2, 0.25) is 0 Å². The highest BCUT2D eigenvalue weighted by atomic mass is 32.1. The van der Waals surface area contributed by atoms with Crippen LogP contribution in [0.4, 0.5) is 0 Å². The van der Waals surface area contributed by atoms with Gasteiger partial charge in [-0.05, 0) is 36.2 Å². The van der Waals surface area contributed by atoms with Crippen LogP contribution in [0.25, 0.3) is 10.8 Å². The van der Waals surface area contributed by atoms with Crippen LogP contribution in [0.15, 0.2) is 66.3 Å². The molecule has 5 nitrogen and oxygen atoms in total. The summed E-state index contributed by atoms with van der Waals surface area (Å²) >= 11 is 1.41. The zero-order chi connectivity index (χ0) is 20.3. The molecule has 29 heavy (non-hydrogen) atoms. The Kier molecular flexibility index (Phi) is 5.36. The van der Waals surface area contributed by atoms with Crippen molar-refractivity contribution in [3.05, 3.63) is 88.7 Å².